The van der Waals surface area contributed by atoms with Gasteiger partial charge in [-0.15, -0.1) is 0 Å². The van der Waals surface area contributed by atoms with Gasteiger partial charge in [-0.3, -0.25) is 46.9 Å². The van der Waals surface area contributed by atoms with Crippen LogP contribution in [0.5, 0.6) is 5.75 Å². The minimum absolute atomic E-state index is 0.0183. The lowest BCUT2D eigenvalue weighted by Gasteiger charge is -2.29. The molecule has 1 aromatic carbocycles. The first-order valence-electron chi connectivity index (χ1n) is 23.5. The van der Waals surface area contributed by atoms with Gasteiger partial charge in [-0.25, -0.2) is 38.2 Å². The SMILES string of the molecule is COC[C@H]1[C@@H](O)[C@H]([n+]2cn(C)c3c(=O)[nH]c(N)nc32)O[C@@H]1COP(=O)(O)OP(=O)(O)OP(=O)(O)OC[C@H]1O[C@@H](n2cnc3c(N)ncnc32)[C@H](Oc2ccccc2)[C@@H]1P(=O)(O)OC[C@H]1O[C@@H](n2cnc3c(=O)[nH]c(N)nc32)[C@H](O)[C@@H]1O. The second-order valence-corrected chi connectivity index (χ2v) is 24.9. The summed E-state index contributed by atoms with van der Waals surface area (Å²) in [5.74, 6) is -1.68. The number of hydrogen-bond acceptors (Lipinski definition) is 28. The smallest absolute Gasteiger partial charge is 0.485 e. The van der Waals surface area contributed by atoms with Crippen molar-refractivity contribution in [2.75, 3.05) is 50.7 Å². The van der Waals surface area contributed by atoms with E-state index in [1.807, 2.05) is 0 Å². The molecule has 10 rings (SSSR count). The number of nitrogens with zero attached hydrogens (tertiary/aromatic N) is 10. The van der Waals surface area contributed by atoms with Crippen molar-refractivity contribution < 1.29 is 104 Å². The van der Waals surface area contributed by atoms with Gasteiger partial charge in [0.2, 0.25) is 17.7 Å². The predicted octanol–water partition coefficient (Wildman–Crippen LogP) is -2.31. The van der Waals surface area contributed by atoms with Crippen LogP contribution in [0.15, 0.2) is 65.2 Å². The molecule has 0 bridgehead atoms. The summed E-state index contributed by atoms with van der Waals surface area (Å²) in [6, 6.07) is 7.63. The molecule has 7 aromatic rings. The average molecular weight is 1220 g/mol. The summed E-state index contributed by atoms with van der Waals surface area (Å²) in [6.07, 6.45) is -11.6. The Kier molecular flexibility index (Phi) is 16.0. The largest absolute Gasteiger partial charge is 0.490 e. The topological polar surface area (TPSA) is 542 Å². The van der Waals surface area contributed by atoms with Crippen molar-refractivity contribution in [1.82, 2.24) is 53.6 Å². The van der Waals surface area contributed by atoms with Crippen molar-refractivity contribution in [3.63, 3.8) is 0 Å². The van der Waals surface area contributed by atoms with Gasteiger partial charge in [-0.05, 0) is 12.1 Å². The molecular formula is C39H50N15O23P4+. The van der Waals surface area contributed by atoms with Crippen molar-refractivity contribution in [2.24, 2.45) is 13.0 Å². The number of imidazole rings is 3. The number of aromatic nitrogens is 12. The fraction of sp³-hybridized carbons (Fsp3) is 0.462. The summed E-state index contributed by atoms with van der Waals surface area (Å²) in [5, 5.41) is 33.6. The Morgan fingerprint density at radius 2 is 1.31 bits per heavy atom. The summed E-state index contributed by atoms with van der Waals surface area (Å²) >= 11 is 0. The number of nitrogens with two attached hydrogens (primary N) is 3. The van der Waals surface area contributed by atoms with Gasteiger partial charge in [-0.2, -0.15) is 13.6 Å². The minimum atomic E-state index is -6.23. The highest BCUT2D eigenvalue weighted by molar-refractivity contribution is 7.66. The number of aliphatic hydroxyl groups excluding tert-OH is 3. The maximum Gasteiger partial charge on any atom is 0.490 e. The van der Waals surface area contributed by atoms with E-state index in [1.165, 1.54) is 46.3 Å². The van der Waals surface area contributed by atoms with Crippen LogP contribution in [0, 0.1) is 5.92 Å². The van der Waals surface area contributed by atoms with Crippen molar-refractivity contribution in [2.45, 2.75) is 67.1 Å². The van der Waals surface area contributed by atoms with E-state index < -0.39 is 135 Å². The summed E-state index contributed by atoms with van der Waals surface area (Å²) in [5.41, 5.74) is 13.8. The Morgan fingerprint density at radius 3 is 2.00 bits per heavy atom. The molecule has 16 atom stereocenters. The van der Waals surface area contributed by atoms with Gasteiger partial charge in [0.1, 0.15) is 53.8 Å². The van der Waals surface area contributed by atoms with Crippen LogP contribution in [0.4, 0.5) is 17.7 Å². The highest BCUT2D eigenvalue weighted by Crippen LogP contribution is 2.68. The lowest BCUT2D eigenvalue weighted by Crippen LogP contribution is -2.45. The van der Waals surface area contributed by atoms with Gasteiger partial charge in [0.05, 0.1) is 52.2 Å². The van der Waals surface area contributed by atoms with Gasteiger partial charge in [0.15, 0.2) is 47.5 Å². The van der Waals surface area contributed by atoms with Crippen molar-refractivity contribution in [3.05, 3.63) is 76.3 Å². The van der Waals surface area contributed by atoms with Crippen LogP contribution in [-0.2, 0) is 66.4 Å². The minimum Gasteiger partial charge on any atom is -0.485 e. The van der Waals surface area contributed by atoms with Crippen LogP contribution in [0.1, 0.15) is 18.7 Å². The molecule has 6 aromatic heterocycles. The molecule has 0 spiro atoms. The third-order valence-corrected chi connectivity index (χ3v) is 19.2. The third-order valence-electron chi connectivity index (χ3n) is 13.0. The number of benzene rings is 1. The van der Waals surface area contributed by atoms with Crippen LogP contribution in [-0.4, -0.2) is 170 Å². The van der Waals surface area contributed by atoms with Gasteiger partial charge >= 0.3 is 36.7 Å². The first-order valence-corrected chi connectivity index (χ1v) is 29.7. The predicted molar refractivity (Wildman–Crippen MR) is 267 cm³/mol. The lowest BCUT2D eigenvalue weighted by molar-refractivity contribution is -0.745. The Hall–Kier alpha value is -6.05. The summed E-state index contributed by atoms with van der Waals surface area (Å²) in [4.78, 5) is 98.3. The number of rotatable bonds is 21. The molecule has 438 valence electrons. The maximum atomic E-state index is 14.9. The van der Waals surface area contributed by atoms with Crippen molar-refractivity contribution in [3.8, 4) is 5.75 Å². The Balaban J connectivity index is 0.868. The normalized spacial score (nSPS) is 29.0. The standard InChI is InChI=1S/C39H49N15O23P4/c1-51-15-54(32-23(51)34(59)50-39(42)48-32)35-24(55)17(8-68-2)18(73-35)9-70-79(62,63)76-81(66,67)77-80(64,65)71-11-20-28(27(72-16-6-4-3-5-7-16)37(75-20)52-13-45-21-29(40)43-12-44-30(21)52)78(60,61)69-10-19-25(56)26(57)36(74-19)53-14-46-22-31(53)47-38(41)49-33(22)58/h3-7,12-15,17-20,24-28,35-37,55-57H,8-11H2,1-2H3,(H11-,40,41,42,43,44,47,48,49,50,58,59,60,61,62,63,64,65,66,67)/p+1/t17-,18-,19-,20-,24-,25-,26-,27-,28-,35-,36-,37-/m1/s1. The number of methoxy groups -OCH3 is 1. The number of hydrogen-bond donors (Lipinski definition) is 12. The van der Waals surface area contributed by atoms with E-state index in [4.69, 9.17) is 54.5 Å². The molecule has 4 unspecified atom stereocenters. The molecule has 0 aliphatic carbocycles. The number of anilines is 3. The lowest BCUT2D eigenvalue weighted by atomic mass is 9.99. The van der Waals surface area contributed by atoms with Crippen LogP contribution in [0.3, 0.4) is 0 Å². The second kappa shape index (κ2) is 22.3. The Labute approximate surface area is 451 Å². The zero-order valence-corrected chi connectivity index (χ0v) is 45.2. The molecule has 3 saturated heterocycles. The van der Waals surface area contributed by atoms with E-state index in [9.17, 15) is 62.7 Å². The number of nitrogen functional groups attached to an aromatic ring is 3. The van der Waals surface area contributed by atoms with Crippen LogP contribution in [0.2, 0.25) is 0 Å². The van der Waals surface area contributed by atoms with E-state index >= 15 is 0 Å². The van der Waals surface area contributed by atoms with Gasteiger partial charge in [-0.1, -0.05) is 23.2 Å². The number of aromatic amines is 2. The first kappa shape index (κ1) is 58.2. The molecule has 15 N–H and O–H groups in total. The number of para-hydroxylation sites is 1. The van der Waals surface area contributed by atoms with E-state index in [0.717, 1.165) is 23.5 Å². The number of phosphoric ester groups is 2. The van der Waals surface area contributed by atoms with E-state index in [2.05, 4.69) is 48.5 Å². The van der Waals surface area contributed by atoms with Gasteiger partial charge < -0.3 is 80.3 Å². The average Bonchev–Trinajstić information content (AvgIpc) is 4.43. The molecule has 0 radical (unpaired) electrons. The Bertz CT molecular complexity index is 3810. The molecule has 81 heavy (non-hydrogen) atoms. The number of H-pyrrole nitrogens is 2. The highest BCUT2D eigenvalue weighted by Gasteiger charge is 2.59. The number of nitrogens with one attached hydrogen (secondary N) is 2. The van der Waals surface area contributed by atoms with Crippen LogP contribution < -0.4 is 37.6 Å². The third kappa shape index (κ3) is 11.7. The molecule has 42 heteroatoms. The number of ether oxygens (including phenoxy) is 5. The number of aryl methyl sites for hydroxylation is 1. The Morgan fingerprint density at radius 1 is 0.691 bits per heavy atom. The molecule has 0 amide bonds. The zero-order valence-electron chi connectivity index (χ0n) is 41.6. The summed E-state index contributed by atoms with van der Waals surface area (Å²) in [7, 11) is -20.7. The highest BCUT2D eigenvalue weighted by atomic mass is 31.3. The monoisotopic (exact) mass is 1220 g/mol. The van der Waals surface area contributed by atoms with E-state index in [1.54, 1.807) is 18.2 Å². The number of phosphoric acid groups is 3. The molecule has 3 aliphatic heterocycles. The molecule has 3 fully saturated rings. The van der Waals surface area contributed by atoms with E-state index in [-0.39, 0.29) is 63.6 Å². The molecule has 0 saturated carbocycles. The number of aliphatic hydroxyl groups is 3. The fourth-order valence-electron chi connectivity index (χ4n) is 9.50. The molecule has 38 nitrogen and oxygen atoms in total. The molecule has 9 heterocycles. The van der Waals surface area contributed by atoms with Crippen LogP contribution in [0.25, 0.3) is 33.5 Å². The second-order valence-electron chi connectivity index (χ2n) is 18.3. The fourth-order valence-corrected chi connectivity index (χ4v) is 14.7. The zero-order chi connectivity index (χ0) is 58.1. The van der Waals surface area contributed by atoms with Crippen molar-refractivity contribution >= 4 is 82.3 Å². The van der Waals surface area contributed by atoms with Gasteiger partial charge in [0.25, 0.3) is 17.1 Å². The quantitative estimate of drug-likeness (QED) is 0.0266. The summed E-state index contributed by atoms with van der Waals surface area (Å²) < 4.78 is 114. The first-order chi connectivity index (χ1) is 38.2. The maximum absolute atomic E-state index is 14.9. The van der Waals surface area contributed by atoms with E-state index in [0.29, 0.717) is 0 Å². The number of fused-ring (bicyclic) bond motifs is 3. The molecular weight excluding hydrogens is 1170 g/mol. The molecule has 3 aliphatic rings. The summed E-state index contributed by atoms with van der Waals surface area (Å²) in [6.45, 7) is -3.54. The van der Waals surface area contributed by atoms with Gasteiger partial charge in [0, 0.05) is 13.0 Å². The van der Waals surface area contributed by atoms with Crippen LogP contribution >= 0.6 is 31.1 Å². The van der Waals surface area contributed by atoms with Crippen molar-refractivity contribution in [1.29, 1.82) is 0 Å².